The molecule has 284 valence electrons. The van der Waals surface area contributed by atoms with E-state index in [1.165, 1.54) is 0 Å². The van der Waals surface area contributed by atoms with Crippen LogP contribution < -0.4 is 0 Å². The zero-order valence-corrected chi connectivity index (χ0v) is 29.6. The van der Waals surface area contributed by atoms with Crippen LogP contribution in [-0.2, 0) is 47.4 Å². The topological polar surface area (TPSA) is 161 Å². The van der Waals surface area contributed by atoms with Gasteiger partial charge < -0.3 is 47.4 Å². The fourth-order valence-corrected chi connectivity index (χ4v) is 8.03. The lowest BCUT2D eigenvalue weighted by Gasteiger charge is -2.34. The van der Waals surface area contributed by atoms with E-state index >= 15 is 0 Å². The fourth-order valence-electron chi connectivity index (χ4n) is 8.03. The SMILES string of the molecule is CO[C@H]1CCCCC1OC(=O)O[C@H]1CCCCC1OC(=O)O[C@@H]1CCCCC1OC(=O)O[C@@H]1CCCCC1OC(=O)O[C@H]1CCCC[C@@H]1OC. The van der Waals surface area contributed by atoms with Gasteiger partial charge >= 0.3 is 24.6 Å². The molecule has 0 N–H and O–H groups in total. The normalized spacial score (nSPS) is 34.7. The van der Waals surface area contributed by atoms with E-state index in [1.807, 2.05) is 0 Å². The predicted molar refractivity (Wildman–Crippen MR) is 175 cm³/mol. The van der Waals surface area contributed by atoms with E-state index in [2.05, 4.69) is 0 Å². The Labute approximate surface area is 294 Å². The van der Waals surface area contributed by atoms with Gasteiger partial charge in [0.05, 0.1) is 12.2 Å². The van der Waals surface area contributed by atoms with E-state index in [4.69, 9.17) is 47.4 Å². The first-order chi connectivity index (χ1) is 24.3. The second-order valence-corrected chi connectivity index (χ2v) is 14.2. The zero-order chi connectivity index (χ0) is 35.3. The summed E-state index contributed by atoms with van der Waals surface area (Å²) in [4.78, 5) is 51.4. The van der Waals surface area contributed by atoms with E-state index in [0.29, 0.717) is 51.4 Å². The van der Waals surface area contributed by atoms with Crippen LogP contribution in [0, 0.1) is 0 Å². The maximum absolute atomic E-state index is 13.0. The molecule has 4 unspecified atom stereocenters. The Morgan fingerprint density at radius 3 is 0.580 bits per heavy atom. The van der Waals surface area contributed by atoms with Gasteiger partial charge in [0.15, 0.2) is 0 Å². The first kappa shape index (κ1) is 38.2. The number of carbonyl (C=O) groups is 4. The van der Waals surface area contributed by atoms with Crippen LogP contribution >= 0.6 is 0 Å². The third-order valence-corrected chi connectivity index (χ3v) is 10.8. The Kier molecular flexibility index (Phi) is 15.0. The van der Waals surface area contributed by atoms with Gasteiger partial charge in [-0.1, -0.05) is 12.8 Å². The van der Waals surface area contributed by atoms with Crippen molar-refractivity contribution in [2.45, 2.75) is 189 Å². The van der Waals surface area contributed by atoms with Gasteiger partial charge in [0, 0.05) is 14.2 Å². The summed E-state index contributed by atoms with van der Waals surface area (Å²) in [5.41, 5.74) is 0. The smallest absolute Gasteiger partial charge is 0.428 e. The molecular formula is C36H56O14. The fraction of sp³-hybridized carbons (Fsp3) is 0.889. The van der Waals surface area contributed by atoms with Crippen molar-refractivity contribution >= 4 is 24.6 Å². The molecule has 5 aliphatic rings. The molecule has 10 atom stereocenters. The molecule has 50 heavy (non-hydrogen) atoms. The summed E-state index contributed by atoms with van der Waals surface area (Å²) in [5, 5.41) is 0. The highest BCUT2D eigenvalue weighted by Crippen LogP contribution is 2.31. The number of methoxy groups -OCH3 is 2. The third kappa shape index (κ3) is 11.2. The molecule has 0 bridgehead atoms. The lowest BCUT2D eigenvalue weighted by Crippen LogP contribution is -2.43. The molecule has 0 spiro atoms. The van der Waals surface area contributed by atoms with Crippen LogP contribution in [0.15, 0.2) is 0 Å². The molecule has 5 rings (SSSR count). The van der Waals surface area contributed by atoms with E-state index in [-0.39, 0.29) is 24.4 Å². The Balaban J connectivity index is 1.08. The molecule has 5 fully saturated rings. The molecule has 5 aliphatic carbocycles. The van der Waals surface area contributed by atoms with E-state index in [0.717, 1.165) is 77.0 Å². The van der Waals surface area contributed by atoms with Crippen LogP contribution in [0.3, 0.4) is 0 Å². The summed E-state index contributed by atoms with van der Waals surface area (Å²) in [6.45, 7) is 0. The minimum Gasteiger partial charge on any atom is -0.428 e. The molecule has 0 aromatic rings. The second-order valence-electron chi connectivity index (χ2n) is 14.2. The number of hydrogen-bond acceptors (Lipinski definition) is 14. The maximum atomic E-state index is 13.0. The van der Waals surface area contributed by atoms with Crippen LogP contribution in [0.4, 0.5) is 19.2 Å². The van der Waals surface area contributed by atoms with Gasteiger partial charge in [-0.05, 0) is 116 Å². The largest absolute Gasteiger partial charge is 0.509 e. The van der Waals surface area contributed by atoms with Crippen molar-refractivity contribution < 1.29 is 66.5 Å². The molecule has 0 amide bonds. The molecular weight excluding hydrogens is 656 g/mol. The third-order valence-electron chi connectivity index (χ3n) is 10.8. The maximum Gasteiger partial charge on any atom is 0.509 e. The highest BCUT2D eigenvalue weighted by atomic mass is 16.8. The first-order valence-corrected chi connectivity index (χ1v) is 18.9. The molecule has 0 aromatic carbocycles. The lowest BCUT2D eigenvalue weighted by atomic mass is 9.94. The van der Waals surface area contributed by atoms with Gasteiger partial charge in [0.1, 0.15) is 48.8 Å². The van der Waals surface area contributed by atoms with Gasteiger partial charge in [-0.15, -0.1) is 0 Å². The molecule has 0 saturated heterocycles. The molecule has 0 radical (unpaired) electrons. The molecule has 0 aliphatic heterocycles. The summed E-state index contributed by atoms with van der Waals surface area (Å²) >= 11 is 0. The Morgan fingerprint density at radius 2 is 0.420 bits per heavy atom. The number of carbonyl (C=O) groups excluding carboxylic acids is 4. The van der Waals surface area contributed by atoms with Crippen LogP contribution in [0.5, 0.6) is 0 Å². The van der Waals surface area contributed by atoms with E-state index < -0.39 is 61.2 Å². The van der Waals surface area contributed by atoms with Crippen molar-refractivity contribution in [3.8, 4) is 0 Å². The summed E-state index contributed by atoms with van der Waals surface area (Å²) in [5.74, 6) is 0. The van der Waals surface area contributed by atoms with Crippen molar-refractivity contribution in [1.29, 1.82) is 0 Å². The standard InChI is InChI=1S/C36H56O14/c1-41-23-13-3-5-15-25(23)43-33(37)45-27-17-7-9-19-29(27)47-35(39)49-31-21-11-12-22-32(31)50-36(40)48-30-20-10-8-18-28(30)46-34(38)44-26-16-6-4-14-24(26)42-2/h23-32H,3-22H2,1-2H3/t23-,24-,25-,26?,27?,28-,29+,30?,31?,32+/m0/s1. The molecule has 5 saturated carbocycles. The minimum absolute atomic E-state index is 0.162. The number of ether oxygens (including phenoxy) is 10. The van der Waals surface area contributed by atoms with Gasteiger partial charge in [-0.25, -0.2) is 19.2 Å². The zero-order valence-electron chi connectivity index (χ0n) is 29.6. The van der Waals surface area contributed by atoms with Crippen molar-refractivity contribution in [3.05, 3.63) is 0 Å². The summed E-state index contributed by atoms with van der Waals surface area (Å²) in [6.07, 6.45) is 6.26. The quantitative estimate of drug-likeness (QED) is 0.162. The molecule has 14 nitrogen and oxygen atoms in total. The van der Waals surface area contributed by atoms with E-state index in [9.17, 15) is 19.2 Å². The molecule has 14 heteroatoms. The first-order valence-electron chi connectivity index (χ1n) is 18.9. The summed E-state index contributed by atoms with van der Waals surface area (Å²) < 4.78 is 56.1. The Bertz CT molecular complexity index is 1020. The minimum atomic E-state index is -0.910. The van der Waals surface area contributed by atoms with Gasteiger partial charge in [0.2, 0.25) is 0 Å². The van der Waals surface area contributed by atoms with Crippen molar-refractivity contribution in [3.63, 3.8) is 0 Å². The van der Waals surface area contributed by atoms with Crippen LogP contribution in [0.2, 0.25) is 0 Å². The average Bonchev–Trinajstić information content (AvgIpc) is 3.11. The highest BCUT2D eigenvalue weighted by Gasteiger charge is 2.39. The monoisotopic (exact) mass is 712 g/mol. The van der Waals surface area contributed by atoms with Crippen LogP contribution in [0.1, 0.15) is 128 Å². The molecule has 0 aromatic heterocycles. The van der Waals surface area contributed by atoms with Gasteiger partial charge in [0.25, 0.3) is 0 Å². The predicted octanol–water partition coefficient (Wildman–Crippen LogP) is 7.45. The Hall–Kier alpha value is -3.00. The van der Waals surface area contributed by atoms with Gasteiger partial charge in [-0.3, -0.25) is 0 Å². The van der Waals surface area contributed by atoms with E-state index in [1.54, 1.807) is 14.2 Å². The van der Waals surface area contributed by atoms with Crippen molar-refractivity contribution in [2.75, 3.05) is 14.2 Å². The Morgan fingerprint density at radius 1 is 0.280 bits per heavy atom. The molecule has 0 heterocycles. The second kappa shape index (κ2) is 19.6. The van der Waals surface area contributed by atoms with Crippen molar-refractivity contribution in [2.24, 2.45) is 0 Å². The highest BCUT2D eigenvalue weighted by molar-refractivity contribution is 5.63. The number of hydrogen-bond donors (Lipinski definition) is 0. The van der Waals surface area contributed by atoms with Gasteiger partial charge in [-0.2, -0.15) is 0 Å². The van der Waals surface area contributed by atoms with Crippen LogP contribution in [-0.4, -0.2) is 99.9 Å². The summed E-state index contributed by atoms with van der Waals surface area (Å²) in [6, 6.07) is 0. The summed E-state index contributed by atoms with van der Waals surface area (Å²) in [7, 11) is 3.22. The average molecular weight is 713 g/mol. The van der Waals surface area contributed by atoms with Crippen molar-refractivity contribution in [1.82, 2.24) is 0 Å². The lowest BCUT2D eigenvalue weighted by molar-refractivity contribution is -0.120. The van der Waals surface area contributed by atoms with Crippen LogP contribution in [0.25, 0.3) is 0 Å². The number of rotatable bonds is 10.